The van der Waals surface area contributed by atoms with Gasteiger partial charge in [0.2, 0.25) is 5.91 Å². The highest BCUT2D eigenvalue weighted by molar-refractivity contribution is 6.30. The molecule has 154 valence electrons. The highest BCUT2D eigenvalue weighted by Crippen LogP contribution is 2.28. The molecule has 1 aliphatic heterocycles. The number of nitrogens with zero attached hydrogens (tertiary/aromatic N) is 1. The van der Waals surface area contributed by atoms with E-state index in [2.05, 4.69) is 10.6 Å². The first-order valence-electron chi connectivity index (χ1n) is 9.28. The van der Waals surface area contributed by atoms with Crippen LogP contribution in [-0.2, 0) is 11.3 Å². The van der Waals surface area contributed by atoms with E-state index in [1.165, 1.54) is 0 Å². The number of urea groups is 1. The fraction of sp³-hybridized carbons (Fsp3) is 0.333. The molecule has 0 radical (unpaired) electrons. The van der Waals surface area contributed by atoms with E-state index < -0.39 is 0 Å². The first kappa shape index (κ1) is 20.8. The molecular weight excluding hydrogens is 394 g/mol. The number of carbonyl (C=O) groups excluding carboxylic acids is 2. The van der Waals surface area contributed by atoms with Crippen molar-refractivity contribution >= 4 is 29.2 Å². The molecule has 1 saturated heterocycles. The third kappa shape index (κ3) is 5.32. The summed E-state index contributed by atoms with van der Waals surface area (Å²) in [7, 11) is 3.14. The molecule has 0 unspecified atom stereocenters. The van der Waals surface area contributed by atoms with Crippen molar-refractivity contribution in [1.82, 2.24) is 10.6 Å². The van der Waals surface area contributed by atoms with Gasteiger partial charge < -0.3 is 25.0 Å². The quantitative estimate of drug-likeness (QED) is 0.725. The Morgan fingerprint density at radius 3 is 2.52 bits per heavy atom. The molecule has 1 atom stereocenters. The number of methoxy groups -OCH3 is 2. The molecule has 2 aromatic rings. The van der Waals surface area contributed by atoms with Crippen molar-refractivity contribution in [2.45, 2.75) is 13.0 Å². The van der Waals surface area contributed by atoms with Crippen LogP contribution in [0.15, 0.2) is 42.5 Å². The van der Waals surface area contributed by atoms with Crippen LogP contribution < -0.4 is 25.0 Å². The number of hydrogen-bond donors (Lipinski definition) is 2. The van der Waals surface area contributed by atoms with Crippen molar-refractivity contribution in [2.75, 3.05) is 32.2 Å². The Bertz CT molecular complexity index is 873. The fourth-order valence-corrected chi connectivity index (χ4v) is 3.39. The molecule has 1 fully saturated rings. The minimum Gasteiger partial charge on any atom is -0.493 e. The number of halogens is 1. The number of nitrogens with one attached hydrogen (secondary N) is 2. The number of amides is 3. The lowest BCUT2D eigenvalue weighted by Crippen LogP contribution is -2.38. The molecule has 0 saturated carbocycles. The Kier molecular flexibility index (Phi) is 6.82. The van der Waals surface area contributed by atoms with E-state index in [0.29, 0.717) is 42.6 Å². The van der Waals surface area contributed by atoms with E-state index in [-0.39, 0.29) is 17.9 Å². The second kappa shape index (κ2) is 9.52. The second-order valence-electron chi connectivity index (χ2n) is 6.80. The van der Waals surface area contributed by atoms with E-state index in [9.17, 15) is 9.59 Å². The fourth-order valence-electron chi connectivity index (χ4n) is 3.26. The van der Waals surface area contributed by atoms with Gasteiger partial charge in [-0.25, -0.2) is 4.79 Å². The molecule has 2 aromatic carbocycles. The SMILES string of the molecule is COc1ccc(CNC(=O)NC[C@H]2CC(=O)N(c3ccc(Cl)cc3)C2)cc1OC. The smallest absolute Gasteiger partial charge is 0.315 e. The number of benzene rings is 2. The van der Waals surface area contributed by atoms with Crippen LogP contribution in [0.5, 0.6) is 11.5 Å². The molecule has 2 N–H and O–H groups in total. The summed E-state index contributed by atoms with van der Waals surface area (Å²) in [6.45, 7) is 1.34. The van der Waals surface area contributed by atoms with E-state index in [1.54, 1.807) is 37.3 Å². The monoisotopic (exact) mass is 417 g/mol. The third-order valence-corrected chi connectivity index (χ3v) is 5.05. The maximum absolute atomic E-state index is 12.3. The molecule has 0 aromatic heterocycles. The van der Waals surface area contributed by atoms with Gasteiger partial charge in [0.25, 0.3) is 0 Å². The van der Waals surface area contributed by atoms with Gasteiger partial charge in [-0.3, -0.25) is 4.79 Å². The lowest BCUT2D eigenvalue weighted by molar-refractivity contribution is -0.117. The zero-order chi connectivity index (χ0) is 20.8. The van der Waals surface area contributed by atoms with Gasteiger partial charge in [0.05, 0.1) is 14.2 Å². The average molecular weight is 418 g/mol. The molecule has 7 nitrogen and oxygen atoms in total. The standard InChI is InChI=1S/C21H24ClN3O4/c1-28-18-8-3-14(9-19(18)29-2)11-23-21(27)24-12-15-10-20(26)25(13-15)17-6-4-16(22)5-7-17/h3-9,15H,10-13H2,1-2H3,(H2,23,24,27)/t15-/m1/s1. The summed E-state index contributed by atoms with van der Waals surface area (Å²) in [5.41, 5.74) is 1.71. The normalized spacial score (nSPS) is 15.9. The minimum atomic E-state index is -0.280. The number of ether oxygens (including phenoxy) is 2. The van der Waals surface area contributed by atoms with Crippen molar-refractivity contribution < 1.29 is 19.1 Å². The van der Waals surface area contributed by atoms with Crippen molar-refractivity contribution in [3.05, 3.63) is 53.1 Å². The molecule has 0 aliphatic carbocycles. The minimum absolute atomic E-state index is 0.0462. The summed E-state index contributed by atoms with van der Waals surface area (Å²) in [4.78, 5) is 26.1. The highest BCUT2D eigenvalue weighted by atomic mass is 35.5. The first-order chi connectivity index (χ1) is 14.0. The maximum Gasteiger partial charge on any atom is 0.315 e. The Balaban J connectivity index is 1.46. The molecule has 1 heterocycles. The second-order valence-corrected chi connectivity index (χ2v) is 7.24. The van der Waals surface area contributed by atoms with Crippen LogP contribution in [0.4, 0.5) is 10.5 Å². The number of rotatable bonds is 7. The number of carbonyl (C=O) groups is 2. The Morgan fingerprint density at radius 1 is 1.10 bits per heavy atom. The average Bonchev–Trinajstić information content (AvgIpc) is 3.11. The van der Waals surface area contributed by atoms with Gasteiger partial charge in [-0.1, -0.05) is 17.7 Å². The van der Waals surface area contributed by atoms with E-state index >= 15 is 0 Å². The van der Waals surface area contributed by atoms with Gasteiger partial charge in [-0.15, -0.1) is 0 Å². The van der Waals surface area contributed by atoms with Crippen LogP contribution in [0.1, 0.15) is 12.0 Å². The van der Waals surface area contributed by atoms with Crippen LogP contribution in [-0.4, -0.2) is 39.2 Å². The van der Waals surface area contributed by atoms with Crippen LogP contribution in [0.2, 0.25) is 5.02 Å². The molecule has 29 heavy (non-hydrogen) atoms. The number of anilines is 1. The van der Waals surface area contributed by atoms with Gasteiger partial charge in [0.15, 0.2) is 11.5 Å². The van der Waals surface area contributed by atoms with Gasteiger partial charge in [-0.2, -0.15) is 0 Å². The molecule has 0 bridgehead atoms. The Hall–Kier alpha value is -2.93. The zero-order valence-corrected chi connectivity index (χ0v) is 17.2. The van der Waals surface area contributed by atoms with Crippen molar-refractivity contribution in [1.29, 1.82) is 0 Å². The molecule has 0 spiro atoms. The van der Waals surface area contributed by atoms with E-state index in [0.717, 1.165) is 11.3 Å². The predicted molar refractivity (Wildman–Crippen MR) is 112 cm³/mol. The number of hydrogen-bond acceptors (Lipinski definition) is 4. The summed E-state index contributed by atoms with van der Waals surface area (Å²) in [5, 5.41) is 6.28. The summed E-state index contributed by atoms with van der Waals surface area (Å²) >= 11 is 5.90. The zero-order valence-electron chi connectivity index (χ0n) is 16.4. The van der Waals surface area contributed by atoms with Crippen LogP contribution in [0.25, 0.3) is 0 Å². The van der Waals surface area contributed by atoms with Crippen LogP contribution in [0.3, 0.4) is 0 Å². The van der Waals surface area contributed by atoms with E-state index in [4.69, 9.17) is 21.1 Å². The summed E-state index contributed by atoms with van der Waals surface area (Å²) in [5.74, 6) is 1.35. The Morgan fingerprint density at radius 2 is 1.83 bits per heavy atom. The van der Waals surface area contributed by atoms with Gasteiger partial charge in [0, 0.05) is 42.7 Å². The topological polar surface area (TPSA) is 79.9 Å². The summed E-state index contributed by atoms with van der Waals surface area (Å²) < 4.78 is 10.5. The van der Waals surface area contributed by atoms with Crippen molar-refractivity contribution in [3.8, 4) is 11.5 Å². The van der Waals surface area contributed by atoms with Gasteiger partial charge >= 0.3 is 6.03 Å². The Labute approximate surface area is 174 Å². The lowest BCUT2D eigenvalue weighted by atomic mass is 10.1. The van der Waals surface area contributed by atoms with Crippen molar-refractivity contribution in [2.24, 2.45) is 5.92 Å². The molecular formula is C21H24ClN3O4. The van der Waals surface area contributed by atoms with Gasteiger partial charge in [0.1, 0.15) is 0 Å². The molecule has 3 rings (SSSR count). The lowest BCUT2D eigenvalue weighted by Gasteiger charge is -2.17. The molecule has 8 heteroatoms. The first-order valence-corrected chi connectivity index (χ1v) is 9.66. The van der Waals surface area contributed by atoms with Gasteiger partial charge in [-0.05, 0) is 42.0 Å². The summed E-state index contributed by atoms with van der Waals surface area (Å²) in [6.07, 6.45) is 0.401. The maximum atomic E-state index is 12.3. The van der Waals surface area contributed by atoms with Crippen molar-refractivity contribution in [3.63, 3.8) is 0 Å². The highest BCUT2D eigenvalue weighted by Gasteiger charge is 2.30. The third-order valence-electron chi connectivity index (χ3n) is 4.80. The largest absolute Gasteiger partial charge is 0.493 e. The van der Waals surface area contributed by atoms with Crippen LogP contribution in [0, 0.1) is 5.92 Å². The molecule has 1 aliphatic rings. The predicted octanol–water partition coefficient (Wildman–Crippen LogP) is 3.21. The van der Waals surface area contributed by atoms with Crippen LogP contribution >= 0.6 is 11.6 Å². The van der Waals surface area contributed by atoms with E-state index in [1.807, 2.05) is 24.3 Å². The summed E-state index contributed by atoms with van der Waals surface area (Å²) in [6, 6.07) is 12.4. The molecule has 3 amide bonds.